The molecule has 1 atom stereocenters. The number of ether oxygens (including phenoxy) is 1. The summed E-state index contributed by atoms with van der Waals surface area (Å²) in [6.07, 6.45) is 3.75. The molecule has 1 spiro atoms. The molecule has 0 aliphatic carbocycles. The summed E-state index contributed by atoms with van der Waals surface area (Å²) < 4.78 is 6.02. The SMILES string of the molecule is O=C1NC2(CCN(C(=O)c3cccnc3)C2)OCc2ccccc21. The van der Waals surface area contributed by atoms with Gasteiger partial charge >= 0.3 is 0 Å². The normalized spacial score (nSPS) is 22.8. The van der Waals surface area contributed by atoms with E-state index in [9.17, 15) is 9.59 Å². The quantitative estimate of drug-likeness (QED) is 0.865. The van der Waals surface area contributed by atoms with Crippen LogP contribution in [0.4, 0.5) is 0 Å². The predicted octanol–water partition coefficient (Wildman–Crippen LogP) is 1.58. The van der Waals surface area contributed by atoms with Gasteiger partial charge in [0.25, 0.3) is 11.8 Å². The number of amides is 2. The molecular weight excluding hydrogens is 306 g/mol. The van der Waals surface area contributed by atoms with Crippen LogP contribution in [0, 0.1) is 0 Å². The highest BCUT2D eigenvalue weighted by Crippen LogP contribution is 2.29. The van der Waals surface area contributed by atoms with E-state index in [0.717, 1.165) is 5.56 Å². The van der Waals surface area contributed by atoms with Crippen LogP contribution in [-0.2, 0) is 11.3 Å². The van der Waals surface area contributed by atoms with E-state index >= 15 is 0 Å². The molecule has 2 aliphatic rings. The molecule has 1 unspecified atom stereocenters. The van der Waals surface area contributed by atoms with Gasteiger partial charge in [-0.25, -0.2) is 0 Å². The van der Waals surface area contributed by atoms with Crippen molar-refractivity contribution in [3.63, 3.8) is 0 Å². The standard InChI is InChI=1S/C18H17N3O3/c22-16-15-6-2-1-4-14(15)11-24-18(20-16)7-9-21(12-18)17(23)13-5-3-8-19-10-13/h1-6,8,10H,7,9,11-12H2,(H,20,22). The molecule has 1 fully saturated rings. The second-order valence-electron chi connectivity index (χ2n) is 6.11. The van der Waals surface area contributed by atoms with Gasteiger partial charge in [-0.1, -0.05) is 18.2 Å². The maximum absolute atomic E-state index is 12.6. The van der Waals surface area contributed by atoms with Gasteiger partial charge in [0.2, 0.25) is 0 Å². The van der Waals surface area contributed by atoms with Crippen molar-refractivity contribution in [1.82, 2.24) is 15.2 Å². The van der Waals surface area contributed by atoms with Crippen LogP contribution >= 0.6 is 0 Å². The molecule has 2 amide bonds. The van der Waals surface area contributed by atoms with Crippen molar-refractivity contribution in [2.45, 2.75) is 18.8 Å². The minimum atomic E-state index is -0.825. The monoisotopic (exact) mass is 323 g/mol. The van der Waals surface area contributed by atoms with Crippen molar-refractivity contribution < 1.29 is 14.3 Å². The number of benzene rings is 1. The molecular formula is C18H17N3O3. The number of hydrogen-bond donors (Lipinski definition) is 1. The Morgan fingerprint density at radius 1 is 1.25 bits per heavy atom. The lowest BCUT2D eigenvalue weighted by Crippen LogP contribution is -2.51. The van der Waals surface area contributed by atoms with Gasteiger partial charge in [0.1, 0.15) is 0 Å². The Morgan fingerprint density at radius 3 is 2.96 bits per heavy atom. The first-order chi connectivity index (χ1) is 11.7. The molecule has 1 aromatic carbocycles. The van der Waals surface area contributed by atoms with Crippen LogP contribution < -0.4 is 5.32 Å². The van der Waals surface area contributed by atoms with E-state index < -0.39 is 5.72 Å². The molecule has 1 saturated heterocycles. The molecule has 0 bridgehead atoms. The molecule has 6 heteroatoms. The molecule has 2 aromatic rings. The Kier molecular flexibility index (Phi) is 3.54. The third-order valence-corrected chi connectivity index (χ3v) is 4.53. The van der Waals surface area contributed by atoms with Crippen LogP contribution in [0.15, 0.2) is 48.8 Å². The molecule has 6 nitrogen and oxygen atoms in total. The number of pyridine rings is 1. The van der Waals surface area contributed by atoms with Gasteiger partial charge in [-0.3, -0.25) is 14.6 Å². The zero-order valence-electron chi connectivity index (χ0n) is 13.1. The van der Waals surface area contributed by atoms with Gasteiger partial charge in [0, 0.05) is 30.9 Å². The number of hydrogen-bond acceptors (Lipinski definition) is 4. The summed E-state index contributed by atoms with van der Waals surface area (Å²) >= 11 is 0. The number of nitrogens with zero attached hydrogens (tertiary/aromatic N) is 2. The van der Waals surface area contributed by atoms with E-state index in [0.29, 0.717) is 37.2 Å². The van der Waals surface area contributed by atoms with Gasteiger partial charge in [-0.2, -0.15) is 0 Å². The number of likely N-dealkylation sites (tertiary alicyclic amines) is 1. The first-order valence-electron chi connectivity index (χ1n) is 7.91. The minimum Gasteiger partial charge on any atom is -0.349 e. The summed E-state index contributed by atoms with van der Waals surface area (Å²) in [6.45, 7) is 1.22. The Morgan fingerprint density at radius 2 is 2.12 bits per heavy atom. The van der Waals surface area contributed by atoms with E-state index in [1.807, 2.05) is 18.2 Å². The zero-order chi connectivity index (χ0) is 16.6. The smallest absolute Gasteiger partial charge is 0.255 e. The highest BCUT2D eigenvalue weighted by molar-refractivity contribution is 5.97. The van der Waals surface area contributed by atoms with Crippen LogP contribution in [-0.4, -0.2) is 40.5 Å². The van der Waals surface area contributed by atoms with Crippen molar-refractivity contribution in [2.75, 3.05) is 13.1 Å². The van der Waals surface area contributed by atoms with Crippen LogP contribution in [0.25, 0.3) is 0 Å². The maximum Gasteiger partial charge on any atom is 0.255 e. The molecule has 0 saturated carbocycles. The summed E-state index contributed by atoms with van der Waals surface area (Å²) in [5.41, 5.74) is 1.21. The number of rotatable bonds is 1. The lowest BCUT2D eigenvalue weighted by atomic mass is 10.1. The van der Waals surface area contributed by atoms with Crippen LogP contribution in [0.2, 0.25) is 0 Å². The summed E-state index contributed by atoms with van der Waals surface area (Å²) in [6, 6.07) is 10.9. The molecule has 2 aliphatic heterocycles. The third-order valence-electron chi connectivity index (χ3n) is 4.53. The number of carbonyl (C=O) groups excluding carboxylic acids is 2. The largest absolute Gasteiger partial charge is 0.349 e. The number of aromatic nitrogens is 1. The van der Waals surface area contributed by atoms with Crippen LogP contribution in [0.1, 0.15) is 32.7 Å². The molecule has 1 N–H and O–H groups in total. The summed E-state index contributed by atoms with van der Waals surface area (Å²) in [7, 11) is 0. The Hall–Kier alpha value is -2.73. The molecule has 3 heterocycles. The first kappa shape index (κ1) is 14.8. The Balaban J connectivity index is 1.54. The topological polar surface area (TPSA) is 71.5 Å². The average molecular weight is 323 g/mol. The molecule has 122 valence electrons. The van der Waals surface area contributed by atoms with Crippen molar-refractivity contribution >= 4 is 11.8 Å². The molecule has 1 aromatic heterocycles. The Labute approximate surface area is 139 Å². The number of nitrogens with one attached hydrogen (secondary N) is 1. The van der Waals surface area contributed by atoms with Gasteiger partial charge in [-0.05, 0) is 23.8 Å². The summed E-state index contributed by atoms with van der Waals surface area (Å²) in [4.78, 5) is 30.8. The lowest BCUT2D eigenvalue weighted by molar-refractivity contribution is -0.0613. The summed E-state index contributed by atoms with van der Waals surface area (Å²) in [5.74, 6) is -0.252. The van der Waals surface area contributed by atoms with Crippen molar-refractivity contribution in [2.24, 2.45) is 0 Å². The fraction of sp³-hybridized carbons (Fsp3) is 0.278. The van der Waals surface area contributed by atoms with E-state index in [2.05, 4.69) is 10.3 Å². The van der Waals surface area contributed by atoms with E-state index in [1.165, 1.54) is 0 Å². The van der Waals surface area contributed by atoms with E-state index in [1.54, 1.807) is 35.5 Å². The van der Waals surface area contributed by atoms with Crippen molar-refractivity contribution in [3.05, 3.63) is 65.5 Å². The Bertz CT molecular complexity index is 793. The fourth-order valence-corrected chi connectivity index (χ4v) is 3.24. The first-order valence-corrected chi connectivity index (χ1v) is 7.91. The lowest BCUT2D eigenvalue weighted by Gasteiger charge is -2.28. The molecule has 4 rings (SSSR count). The van der Waals surface area contributed by atoms with Crippen LogP contribution in [0.3, 0.4) is 0 Å². The maximum atomic E-state index is 12.6. The van der Waals surface area contributed by atoms with Gasteiger partial charge in [0.15, 0.2) is 5.72 Å². The number of fused-ring (bicyclic) bond motifs is 1. The molecule has 0 radical (unpaired) electrons. The fourth-order valence-electron chi connectivity index (χ4n) is 3.24. The second-order valence-corrected chi connectivity index (χ2v) is 6.11. The van der Waals surface area contributed by atoms with Crippen molar-refractivity contribution in [1.29, 1.82) is 0 Å². The summed E-state index contributed by atoms with van der Waals surface area (Å²) in [5, 5.41) is 2.98. The highest BCUT2D eigenvalue weighted by atomic mass is 16.5. The van der Waals surface area contributed by atoms with Crippen molar-refractivity contribution in [3.8, 4) is 0 Å². The highest BCUT2D eigenvalue weighted by Gasteiger charge is 2.44. The van der Waals surface area contributed by atoms with Gasteiger partial charge in [-0.15, -0.1) is 0 Å². The number of carbonyl (C=O) groups is 2. The molecule has 24 heavy (non-hydrogen) atoms. The van der Waals surface area contributed by atoms with Crippen LogP contribution in [0.5, 0.6) is 0 Å². The average Bonchev–Trinajstić information content (AvgIpc) is 2.98. The third kappa shape index (κ3) is 2.55. The minimum absolute atomic E-state index is 0.0976. The predicted molar refractivity (Wildman–Crippen MR) is 86.2 cm³/mol. The second kappa shape index (κ2) is 5.72. The van der Waals surface area contributed by atoms with Gasteiger partial charge in [0.05, 0.1) is 18.7 Å². The van der Waals surface area contributed by atoms with E-state index in [4.69, 9.17) is 4.74 Å². The zero-order valence-corrected chi connectivity index (χ0v) is 13.1. The van der Waals surface area contributed by atoms with E-state index in [-0.39, 0.29) is 11.8 Å². The van der Waals surface area contributed by atoms with Gasteiger partial charge < -0.3 is 15.0 Å².